The summed E-state index contributed by atoms with van der Waals surface area (Å²) in [5.74, 6) is 0. The minimum atomic E-state index is 0.387. The molecular weight excluding hydrogens is 230 g/mol. The van der Waals surface area contributed by atoms with E-state index in [9.17, 15) is 4.91 Å². The van der Waals surface area contributed by atoms with Gasteiger partial charge in [0, 0.05) is 18.7 Å². The van der Waals surface area contributed by atoms with Gasteiger partial charge in [0.1, 0.15) is 17.5 Å². The highest BCUT2D eigenvalue weighted by Crippen LogP contribution is 2.18. The lowest BCUT2D eigenvalue weighted by Crippen LogP contribution is -2.38. The summed E-state index contributed by atoms with van der Waals surface area (Å²) in [6.07, 6.45) is 1.65. The number of nitrogens with zero attached hydrogens (tertiary/aromatic N) is 4. The van der Waals surface area contributed by atoms with Gasteiger partial charge in [-0.05, 0) is 24.2 Å². The van der Waals surface area contributed by atoms with Gasteiger partial charge in [0.15, 0.2) is 6.54 Å². The summed E-state index contributed by atoms with van der Waals surface area (Å²) in [7, 11) is 0. The fourth-order valence-corrected chi connectivity index (χ4v) is 1.80. The van der Waals surface area contributed by atoms with Gasteiger partial charge in [-0.2, -0.15) is 10.4 Å². The molecule has 0 aliphatic carbocycles. The molecular formula is C12H12N5O+. The Kier molecular flexibility index (Phi) is 3.15. The molecule has 0 radical (unpaired) electrons. The number of hydrogen-bond donors (Lipinski definition) is 1. The third-order valence-electron chi connectivity index (χ3n) is 2.78. The Hall–Kier alpha value is -2.55. The highest BCUT2D eigenvalue weighted by Gasteiger charge is 2.19. The number of aromatic nitrogens is 3. The number of H-pyrrole nitrogens is 1. The molecule has 1 N–H and O–H groups in total. The lowest BCUT2D eigenvalue weighted by molar-refractivity contribution is -0.747. The predicted molar refractivity (Wildman–Crippen MR) is 64.0 cm³/mol. The Morgan fingerprint density at radius 1 is 1.50 bits per heavy atom. The van der Waals surface area contributed by atoms with Crippen LogP contribution in [0.5, 0.6) is 0 Å². The maximum atomic E-state index is 10.7. The minimum Gasteiger partial charge on any atom is -0.245 e. The highest BCUT2D eigenvalue weighted by atomic mass is 16.3. The topological polar surface area (TPSA) is 85.8 Å². The van der Waals surface area contributed by atoms with E-state index in [0.29, 0.717) is 17.9 Å². The van der Waals surface area contributed by atoms with Crippen molar-refractivity contribution in [1.29, 1.82) is 5.26 Å². The van der Waals surface area contributed by atoms with E-state index in [1.54, 1.807) is 19.2 Å². The van der Waals surface area contributed by atoms with E-state index in [0.717, 1.165) is 17.0 Å². The number of rotatable bonds is 3. The number of hydrogen-bond acceptors (Lipinski definition) is 4. The molecule has 0 aromatic carbocycles. The molecule has 0 spiro atoms. The van der Waals surface area contributed by atoms with Crippen LogP contribution >= 0.6 is 0 Å². The van der Waals surface area contributed by atoms with Crippen LogP contribution in [0.25, 0.3) is 0 Å². The molecule has 6 heteroatoms. The van der Waals surface area contributed by atoms with E-state index < -0.39 is 0 Å². The SMILES string of the molecule is Cc1[nH][n+](Cc2ccc(C#N)nc2)c(C)c1N=O. The van der Waals surface area contributed by atoms with Crippen LogP contribution in [0.1, 0.15) is 22.6 Å². The average molecular weight is 242 g/mol. The zero-order valence-corrected chi connectivity index (χ0v) is 10.1. The maximum Gasteiger partial charge on any atom is 0.234 e. The van der Waals surface area contributed by atoms with Crippen molar-refractivity contribution in [3.05, 3.63) is 45.9 Å². The number of nitroso groups, excluding NO2 is 1. The van der Waals surface area contributed by atoms with Crippen LogP contribution < -0.4 is 4.68 Å². The molecule has 2 rings (SSSR count). The van der Waals surface area contributed by atoms with Crippen molar-refractivity contribution in [2.45, 2.75) is 20.4 Å². The molecule has 0 fully saturated rings. The molecule has 2 aromatic rings. The maximum absolute atomic E-state index is 10.7. The Balaban J connectivity index is 2.28. The van der Waals surface area contributed by atoms with Crippen molar-refractivity contribution in [3.8, 4) is 6.07 Å². The van der Waals surface area contributed by atoms with Crippen molar-refractivity contribution in [1.82, 2.24) is 10.1 Å². The zero-order chi connectivity index (χ0) is 13.1. The summed E-state index contributed by atoms with van der Waals surface area (Å²) in [6.45, 7) is 4.19. The largest absolute Gasteiger partial charge is 0.245 e. The normalized spacial score (nSPS) is 10.1. The second-order valence-electron chi connectivity index (χ2n) is 4.01. The van der Waals surface area contributed by atoms with Crippen molar-refractivity contribution < 1.29 is 4.68 Å². The molecule has 0 atom stereocenters. The highest BCUT2D eigenvalue weighted by molar-refractivity contribution is 5.42. The fraction of sp³-hybridized carbons (Fsp3) is 0.250. The molecule has 0 saturated heterocycles. The summed E-state index contributed by atoms with van der Waals surface area (Å²) in [4.78, 5) is 14.7. The van der Waals surface area contributed by atoms with E-state index in [1.165, 1.54) is 0 Å². The van der Waals surface area contributed by atoms with E-state index in [1.807, 2.05) is 23.7 Å². The number of aryl methyl sites for hydroxylation is 1. The lowest BCUT2D eigenvalue weighted by atomic mass is 10.2. The molecule has 0 bridgehead atoms. The summed E-state index contributed by atoms with van der Waals surface area (Å²) >= 11 is 0. The minimum absolute atomic E-state index is 0.387. The van der Waals surface area contributed by atoms with Crippen molar-refractivity contribution in [2.24, 2.45) is 5.18 Å². The molecule has 90 valence electrons. The van der Waals surface area contributed by atoms with Gasteiger partial charge in [-0.25, -0.2) is 4.98 Å². The molecule has 0 unspecified atom stereocenters. The third-order valence-corrected chi connectivity index (χ3v) is 2.78. The lowest BCUT2D eigenvalue weighted by Gasteiger charge is -1.95. The first-order valence-electron chi connectivity index (χ1n) is 5.43. The quantitative estimate of drug-likeness (QED) is 0.655. The molecule has 6 nitrogen and oxygen atoms in total. The Labute approximate surface area is 104 Å². The first-order chi connectivity index (χ1) is 8.65. The molecule has 0 aliphatic heterocycles. The van der Waals surface area contributed by atoms with Gasteiger partial charge in [0.05, 0.1) is 0 Å². The Bertz CT molecular complexity index is 621. The Morgan fingerprint density at radius 2 is 2.28 bits per heavy atom. The number of nitriles is 1. The van der Waals surface area contributed by atoms with Crippen LogP contribution in [0.3, 0.4) is 0 Å². The van der Waals surface area contributed by atoms with Crippen LogP contribution in [0.4, 0.5) is 5.69 Å². The van der Waals surface area contributed by atoms with Crippen molar-refractivity contribution in [2.75, 3.05) is 0 Å². The first kappa shape index (κ1) is 11.9. The molecule has 2 heterocycles. The molecule has 0 amide bonds. The summed E-state index contributed by atoms with van der Waals surface area (Å²) in [5, 5.41) is 14.7. The number of pyridine rings is 1. The van der Waals surface area contributed by atoms with Gasteiger partial charge in [0.25, 0.3) is 0 Å². The van der Waals surface area contributed by atoms with Gasteiger partial charge < -0.3 is 0 Å². The van der Waals surface area contributed by atoms with E-state index >= 15 is 0 Å². The molecule has 2 aromatic heterocycles. The Morgan fingerprint density at radius 3 is 2.78 bits per heavy atom. The summed E-state index contributed by atoms with van der Waals surface area (Å²) in [6, 6.07) is 5.47. The van der Waals surface area contributed by atoms with Crippen molar-refractivity contribution >= 4 is 5.69 Å². The second kappa shape index (κ2) is 4.75. The molecule has 0 saturated carbocycles. The van der Waals surface area contributed by atoms with Gasteiger partial charge in [-0.3, -0.25) is 0 Å². The number of aromatic amines is 1. The molecule has 0 aliphatic rings. The van der Waals surface area contributed by atoms with E-state index in [2.05, 4.69) is 15.3 Å². The van der Waals surface area contributed by atoms with E-state index in [-0.39, 0.29) is 0 Å². The van der Waals surface area contributed by atoms with Crippen LogP contribution in [0, 0.1) is 30.1 Å². The monoisotopic (exact) mass is 242 g/mol. The zero-order valence-electron chi connectivity index (χ0n) is 10.1. The smallest absolute Gasteiger partial charge is 0.234 e. The third kappa shape index (κ3) is 2.11. The fourth-order valence-electron chi connectivity index (χ4n) is 1.80. The standard InChI is InChI=1S/C12H11N5O/c1-8-12(16-18)9(2)17(15-8)7-10-3-4-11(5-13)14-6-10/h3-4,6H,7H2,1-2H3/p+1. The predicted octanol–water partition coefficient (Wildman–Crippen LogP) is 1.63. The van der Waals surface area contributed by atoms with Crippen LogP contribution in [-0.4, -0.2) is 10.1 Å². The van der Waals surface area contributed by atoms with Gasteiger partial charge >= 0.3 is 0 Å². The van der Waals surface area contributed by atoms with Crippen LogP contribution in [0.2, 0.25) is 0 Å². The van der Waals surface area contributed by atoms with Crippen LogP contribution in [-0.2, 0) is 6.54 Å². The van der Waals surface area contributed by atoms with Gasteiger partial charge in [-0.1, -0.05) is 0 Å². The average Bonchev–Trinajstić information content (AvgIpc) is 2.65. The first-order valence-corrected chi connectivity index (χ1v) is 5.43. The summed E-state index contributed by atoms with van der Waals surface area (Å²) < 4.78 is 1.83. The molecule has 18 heavy (non-hydrogen) atoms. The van der Waals surface area contributed by atoms with Crippen LogP contribution in [0.15, 0.2) is 23.5 Å². The van der Waals surface area contributed by atoms with Gasteiger partial charge in [0.2, 0.25) is 11.4 Å². The second-order valence-corrected chi connectivity index (χ2v) is 4.01. The summed E-state index contributed by atoms with van der Waals surface area (Å²) in [5.41, 5.74) is 3.30. The van der Waals surface area contributed by atoms with Gasteiger partial charge in [-0.15, -0.1) is 9.59 Å². The number of nitrogens with one attached hydrogen (secondary N) is 1. The van der Waals surface area contributed by atoms with E-state index in [4.69, 9.17) is 5.26 Å². The van der Waals surface area contributed by atoms with Crippen molar-refractivity contribution in [3.63, 3.8) is 0 Å².